The van der Waals surface area contributed by atoms with E-state index in [0.29, 0.717) is 18.0 Å². The van der Waals surface area contributed by atoms with Gasteiger partial charge in [-0.25, -0.2) is 0 Å². The topological polar surface area (TPSA) is 52.6 Å². The van der Waals surface area contributed by atoms with E-state index in [0.717, 1.165) is 17.0 Å². The van der Waals surface area contributed by atoms with Gasteiger partial charge in [-0.3, -0.25) is 4.98 Å². The van der Waals surface area contributed by atoms with Gasteiger partial charge < -0.3 is 19.5 Å². The number of rotatable bonds is 7. The van der Waals surface area contributed by atoms with Crippen LogP contribution in [0.1, 0.15) is 24.2 Å². The molecule has 5 nitrogen and oxygen atoms in total. The number of pyridine rings is 1. The van der Waals surface area contributed by atoms with Crippen molar-refractivity contribution in [2.45, 2.75) is 19.5 Å². The molecular weight excluding hydrogens is 280 g/mol. The Morgan fingerprint density at radius 3 is 2.27 bits per heavy atom. The highest BCUT2D eigenvalue weighted by atomic mass is 16.5. The molecule has 1 aromatic heterocycles. The van der Waals surface area contributed by atoms with Gasteiger partial charge in [0.1, 0.15) is 5.75 Å². The minimum atomic E-state index is 0.138. The van der Waals surface area contributed by atoms with E-state index in [-0.39, 0.29) is 6.04 Å². The molecule has 118 valence electrons. The highest BCUT2D eigenvalue weighted by Crippen LogP contribution is 2.34. The second-order valence-electron chi connectivity index (χ2n) is 4.88. The normalized spacial score (nSPS) is 11.8. The Labute approximate surface area is 131 Å². The van der Waals surface area contributed by atoms with E-state index in [1.807, 2.05) is 30.3 Å². The maximum atomic E-state index is 5.43. The third-order valence-electron chi connectivity index (χ3n) is 3.52. The van der Waals surface area contributed by atoms with Gasteiger partial charge in [-0.15, -0.1) is 0 Å². The van der Waals surface area contributed by atoms with Crippen LogP contribution >= 0.6 is 0 Å². The van der Waals surface area contributed by atoms with E-state index in [1.165, 1.54) is 0 Å². The number of methoxy groups -OCH3 is 3. The van der Waals surface area contributed by atoms with Gasteiger partial charge in [0.2, 0.25) is 0 Å². The highest BCUT2D eigenvalue weighted by molar-refractivity contribution is 5.50. The molecule has 2 aromatic rings. The third kappa shape index (κ3) is 3.68. The summed E-state index contributed by atoms with van der Waals surface area (Å²) in [7, 11) is 4.88. The molecule has 5 heteroatoms. The van der Waals surface area contributed by atoms with Crippen molar-refractivity contribution in [1.82, 2.24) is 10.3 Å². The van der Waals surface area contributed by atoms with Crippen molar-refractivity contribution in [3.63, 3.8) is 0 Å². The van der Waals surface area contributed by atoms with Crippen LogP contribution < -0.4 is 19.5 Å². The van der Waals surface area contributed by atoms with E-state index >= 15 is 0 Å². The number of aromatic nitrogens is 1. The van der Waals surface area contributed by atoms with Crippen LogP contribution in [0.15, 0.2) is 36.5 Å². The summed E-state index contributed by atoms with van der Waals surface area (Å²) in [6.07, 6.45) is 1.80. The van der Waals surface area contributed by atoms with Crippen molar-refractivity contribution in [3.8, 4) is 17.2 Å². The standard InChI is InChI=1S/C17H22N2O3/c1-12(14-7-5-6-8-18-14)19-11-13-9-16(21-3)17(22-4)10-15(13)20-2/h5-10,12,19H,11H2,1-4H3/t12-/m1/s1. The largest absolute Gasteiger partial charge is 0.496 e. The molecule has 22 heavy (non-hydrogen) atoms. The van der Waals surface area contributed by atoms with Crippen LogP contribution in [0.5, 0.6) is 17.2 Å². The fourth-order valence-corrected chi connectivity index (χ4v) is 2.23. The summed E-state index contributed by atoms with van der Waals surface area (Å²) in [6.45, 7) is 2.72. The van der Waals surface area contributed by atoms with E-state index in [1.54, 1.807) is 27.5 Å². The SMILES string of the molecule is COc1cc(OC)c(OC)cc1CN[C@H](C)c1ccccn1. The Morgan fingerprint density at radius 1 is 1.00 bits per heavy atom. The summed E-state index contributed by atoms with van der Waals surface area (Å²) in [5, 5.41) is 3.44. The molecule has 0 spiro atoms. The Balaban J connectivity index is 2.15. The third-order valence-corrected chi connectivity index (χ3v) is 3.52. The zero-order valence-corrected chi connectivity index (χ0v) is 13.4. The lowest BCUT2D eigenvalue weighted by Crippen LogP contribution is -2.19. The number of benzene rings is 1. The zero-order chi connectivity index (χ0) is 15.9. The number of nitrogens with one attached hydrogen (secondary N) is 1. The first kappa shape index (κ1) is 16.1. The molecule has 0 saturated heterocycles. The van der Waals surface area contributed by atoms with Gasteiger partial charge in [0.15, 0.2) is 11.5 Å². The van der Waals surface area contributed by atoms with Crippen LogP contribution in [0.3, 0.4) is 0 Å². The fourth-order valence-electron chi connectivity index (χ4n) is 2.23. The molecule has 1 aromatic carbocycles. The van der Waals surface area contributed by atoms with Crippen molar-refractivity contribution in [2.24, 2.45) is 0 Å². The molecule has 0 radical (unpaired) electrons. The molecule has 0 aliphatic heterocycles. The van der Waals surface area contributed by atoms with Gasteiger partial charge in [-0.05, 0) is 25.1 Å². The van der Waals surface area contributed by atoms with Gasteiger partial charge in [-0.2, -0.15) is 0 Å². The first-order valence-corrected chi connectivity index (χ1v) is 7.12. The van der Waals surface area contributed by atoms with Crippen molar-refractivity contribution >= 4 is 0 Å². The van der Waals surface area contributed by atoms with E-state index in [9.17, 15) is 0 Å². The predicted molar refractivity (Wildman–Crippen MR) is 85.6 cm³/mol. The molecule has 1 N–H and O–H groups in total. The molecule has 0 aliphatic rings. The lowest BCUT2D eigenvalue weighted by atomic mass is 10.1. The maximum Gasteiger partial charge on any atom is 0.164 e. The first-order valence-electron chi connectivity index (χ1n) is 7.12. The predicted octanol–water partition coefficient (Wildman–Crippen LogP) is 2.96. The van der Waals surface area contributed by atoms with E-state index < -0.39 is 0 Å². The minimum absolute atomic E-state index is 0.138. The van der Waals surface area contributed by atoms with Gasteiger partial charge in [0, 0.05) is 30.4 Å². The van der Waals surface area contributed by atoms with Crippen molar-refractivity contribution in [2.75, 3.05) is 21.3 Å². The molecule has 0 aliphatic carbocycles. The second-order valence-corrected chi connectivity index (χ2v) is 4.88. The van der Waals surface area contributed by atoms with Crippen LogP contribution in [0.2, 0.25) is 0 Å². The first-order chi connectivity index (χ1) is 10.7. The van der Waals surface area contributed by atoms with Crippen molar-refractivity contribution in [3.05, 3.63) is 47.8 Å². The number of nitrogens with zero attached hydrogens (tertiary/aromatic N) is 1. The Hall–Kier alpha value is -2.27. The number of hydrogen-bond donors (Lipinski definition) is 1. The summed E-state index contributed by atoms with van der Waals surface area (Å²) in [4.78, 5) is 4.36. The van der Waals surface area contributed by atoms with Crippen LogP contribution in [0.4, 0.5) is 0 Å². The Morgan fingerprint density at radius 2 is 1.68 bits per heavy atom. The van der Waals surface area contributed by atoms with Crippen LogP contribution in [-0.4, -0.2) is 26.3 Å². The molecule has 0 unspecified atom stereocenters. The molecule has 0 saturated carbocycles. The quantitative estimate of drug-likeness (QED) is 0.852. The van der Waals surface area contributed by atoms with Gasteiger partial charge in [-0.1, -0.05) is 6.07 Å². The summed E-state index contributed by atoms with van der Waals surface area (Å²) in [5.41, 5.74) is 2.00. The average molecular weight is 302 g/mol. The van der Waals surface area contributed by atoms with Gasteiger partial charge >= 0.3 is 0 Å². The van der Waals surface area contributed by atoms with Crippen LogP contribution in [-0.2, 0) is 6.54 Å². The summed E-state index contributed by atoms with van der Waals surface area (Å²) in [5.74, 6) is 2.10. The Bertz CT molecular complexity index is 602. The highest BCUT2D eigenvalue weighted by Gasteiger charge is 2.13. The van der Waals surface area contributed by atoms with E-state index in [4.69, 9.17) is 14.2 Å². The summed E-state index contributed by atoms with van der Waals surface area (Å²) < 4.78 is 16.1. The minimum Gasteiger partial charge on any atom is -0.496 e. The number of ether oxygens (including phenoxy) is 3. The van der Waals surface area contributed by atoms with Crippen molar-refractivity contribution in [1.29, 1.82) is 0 Å². The lowest BCUT2D eigenvalue weighted by Gasteiger charge is -2.17. The maximum absolute atomic E-state index is 5.43. The molecule has 0 fully saturated rings. The monoisotopic (exact) mass is 302 g/mol. The smallest absolute Gasteiger partial charge is 0.164 e. The van der Waals surface area contributed by atoms with Gasteiger partial charge in [0.05, 0.1) is 27.0 Å². The molecular formula is C17H22N2O3. The van der Waals surface area contributed by atoms with E-state index in [2.05, 4.69) is 17.2 Å². The molecule has 0 bridgehead atoms. The van der Waals surface area contributed by atoms with Crippen LogP contribution in [0.25, 0.3) is 0 Å². The van der Waals surface area contributed by atoms with Crippen LogP contribution in [0, 0.1) is 0 Å². The lowest BCUT2D eigenvalue weighted by molar-refractivity contribution is 0.346. The summed E-state index contributed by atoms with van der Waals surface area (Å²) in [6, 6.07) is 9.80. The zero-order valence-electron chi connectivity index (χ0n) is 13.4. The molecule has 1 atom stereocenters. The fraction of sp³-hybridized carbons (Fsp3) is 0.353. The molecule has 1 heterocycles. The van der Waals surface area contributed by atoms with Gasteiger partial charge in [0.25, 0.3) is 0 Å². The van der Waals surface area contributed by atoms with Crippen molar-refractivity contribution < 1.29 is 14.2 Å². The Kier molecular flexibility index (Phi) is 5.61. The molecule has 2 rings (SSSR count). The molecule has 0 amide bonds. The second kappa shape index (κ2) is 7.66. The number of hydrogen-bond acceptors (Lipinski definition) is 5. The average Bonchev–Trinajstić information content (AvgIpc) is 2.59. The summed E-state index contributed by atoms with van der Waals surface area (Å²) >= 11 is 0.